The molecule has 0 aliphatic carbocycles. The highest BCUT2D eigenvalue weighted by molar-refractivity contribution is 6.42. The molecule has 0 heterocycles. The average Bonchev–Trinajstić information content (AvgIpc) is 2.50. The van der Waals surface area contributed by atoms with Gasteiger partial charge in [-0.15, -0.1) is 0 Å². The van der Waals surface area contributed by atoms with E-state index in [0.717, 1.165) is 17.7 Å². The van der Waals surface area contributed by atoms with Gasteiger partial charge in [0.2, 0.25) is 5.91 Å². The van der Waals surface area contributed by atoms with E-state index in [1.54, 1.807) is 31.0 Å². The molecule has 1 atom stereocenters. The molecule has 0 spiro atoms. The fourth-order valence-electron chi connectivity index (χ4n) is 2.47. The zero-order chi connectivity index (χ0) is 18.6. The number of carbonyl (C=O) groups excluding carboxylic acids is 1. The molecular weight excluding hydrogens is 369 g/mol. The average molecular weight is 387 g/mol. The molecule has 0 radical (unpaired) electrons. The largest absolute Gasteiger partial charge is 0.348 e. The summed E-state index contributed by atoms with van der Waals surface area (Å²) >= 11 is 11.8. The second kappa shape index (κ2) is 8.61. The van der Waals surface area contributed by atoms with E-state index in [1.807, 2.05) is 6.07 Å². The Kier molecular flexibility index (Phi) is 6.76. The van der Waals surface area contributed by atoms with Crippen molar-refractivity contribution in [1.29, 1.82) is 0 Å². The maximum atomic E-state index is 13.7. The molecule has 0 saturated carbocycles. The Morgan fingerprint density at radius 3 is 2.52 bits per heavy atom. The minimum atomic E-state index is -0.683. The van der Waals surface area contributed by atoms with Crippen molar-refractivity contribution in [2.24, 2.45) is 0 Å². The summed E-state index contributed by atoms with van der Waals surface area (Å²) in [5, 5.41) is 3.63. The Balaban J connectivity index is 1.91. The topological polar surface area (TPSA) is 32.3 Å². The fourth-order valence-corrected chi connectivity index (χ4v) is 2.79. The second-order valence-corrected chi connectivity index (χ2v) is 6.69. The second-order valence-electron chi connectivity index (χ2n) is 5.88. The number of nitrogens with zero attached hydrogens (tertiary/aromatic N) is 1. The van der Waals surface area contributed by atoms with Gasteiger partial charge in [0.25, 0.3) is 0 Å². The minimum absolute atomic E-state index is 0.118. The number of carbonyl (C=O) groups is 1. The Bertz CT molecular complexity index is 771. The summed E-state index contributed by atoms with van der Waals surface area (Å²) in [5.41, 5.74) is 1.16. The molecular formula is C18H18Cl2F2N2O. The van der Waals surface area contributed by atoms with Crippen molar-refractivity contribution in [3.8, 4) is 0 Å². The van der Waals surface area contributed by atoms with E-state index in [-0.39, 0.29) is 18.0 Å². The fraction of sp³-hybridized carbons (Fsp3) is 0.278. The van der Waals surface area contributed by atoms with Crippen molar-refractivity contribution in [1.82, 2.24) is 10.2 Å². The maximum absolute atomic E-state index is 13.7. The van der Waals surface area contributed by atoms with Crippen LogP contribution < -0.4 is 5.32 Å². The first-order valence-electron chi connectivity index (χ1n) is 7.63. The van der Waals surface area contributed by atoms with Crippen LogP contribution in [-0.4, -0.2) is 24.4 Å². The Hall–Kier alpha value is -1.69. The SMILES string of the molecule is C[C@H](NC(=O)CN(C)Cc1ccc(Cl)c(Cl)c1)c1ccc(F)cc1F. The predicted molar refractivity (Wildman–Crippen MR) is 95.7 cm³/mol. The molecule has 0 aliphatic rings. The highest BCUT2D eigenvalue weighted by Gasteiger charge is 2.15. The predicted octanol–water partition coefficient (Wildman–Crippen LogP) is 4.58. The van der Waals surface area contributed by atoms with Crippen LogP contribution in [0.2, 0.25) is 10.0 Å². The van der Waals surface area contributed by atoms with Crippen molar-refractivity contribution < 1.29 is 13.6 Å². The molecule has 2 aromatic rings. The lowest BCUT2D eigenvalue weighted by molar-refractivity contribution is -0.122. The first-order valence-corrected chi connectivity index (χ1v) is 8.38. The number of likely N-dealkylation sites (N-methyl/N-ethyl adjacent to an activating group) is 1. The van der Waals surface area contributed by atoms with Gasteiger partial charge in [-0.05, 0) is 37.7 Å². The molecule has 1 N–H and O–H groups in total. The van der Waals surface area contributed by atoms with Gasteiger partial charge in [0.05, 0.1) is 22.6 Å². The Labute approximate surface area is 155 Å². The summed E-state index contributed by atoms with van der Waals surface area (Å²) in [4.78, 5) is 13.9. The van der Waals surface area contributed by atoms with Crippen LogP contribution in [0.5, 0.6) is 0 Å². The van der Waals surface area contributed by atoms with Gasteiger partial charge in [0.1, 0.15) is 11.6 Å². The highest BCUT2D eigenvalue weighted by atomic mass is 35.5. The number of hydrogen-bond donors (Lipinski definition) is 1. The number of rotatable bonds is 6. The molecule has 0 unspecified atom stereocenters. The van der Waals surface area contributed by atoms with E-state index in [2.05, 4.69) is 5.32 Å². The monoisotopic (exact) mass is 386 g/mol. The first-order chi connectivity index (χ1) is 11.8. The van der Waals surface area contributed by atoms with Crippen molar-refractivity contribution >= 4 is 29.1 Å². The molecule has 7 heteroatoms. The molecule has 134 valence electrons. The van der Waals surface area contributed by atoms with E-state index in [0.29, 0.717) is 16.6 Å². The zero-order valence-electron chi connectivity index (χ0n) is 13.8. The van der Waals surface area contributed by atoms with Crippen LogP contribution in [0.25, 0.3) is 0 Å². The van der Waals surface area contributed by atoms with Gasteiger partial charge >= 0.3 is 0 Å². The minimum Gasteiger partial charge on any atom is -0.348 e. The van der Waals surface area contributed by atoms with Crippen LogP contribution >= 0.6 is 23.2 Å². The molecule has 0 fully saturated rings. The molecule has 25 heavy (non-hydrogen) atoms. The summed E-state index contributed by atoms with van der Waals surface area (Å²) in [7, 11) is 1.78. The Morgan fingerprint density at radius 1 is 1.16 bits per heavy atom. The summed E-state index contributed by atoms with van der Waals surface area (Å²) in [5.74, 6) is -1.60. The Morgan fingerprint density at radius 2 is 1.88 bits per heavy atom. The standard InChI is InChI=1S/C18H18Cl2F2N2O/c1-11(14-5-4-13(21)8-17(14)22)23-18(25)10-24(2)9-12-3-6-15(19)16(20)7-12/h3-8,11H,9-10H2,1-2H3,(H,23,25)/t11-/m0/s1. The molecule has 2 aromatic carbocycles. The van der Waals surface area contributed by atoms with Crippen molar-refractivity contribution in [2.75, 3.05) is 13.6 Å². The number of halogens is 4. The lowest BCUT2D eigenvalue weighted by Gasteiger charge is -2.20. The summed E-state index contributed by atoms with van der Waals surface area (Å²) in [6.07, 6.45) is 0. The van der Waals surface area contributed by atoms with Gasteiger partial charge in [-0.1, -0.05) is 35.3 Å². The molecule has 0 bridgehead atoms. The van der Waals surface area contributed by atoms with Crippen LogP contribution in [0.3, 0.4) is 0 Å². The molecule has 0 aliphatic heterocycles. The summed E-state index contributed by atoms with van der Waals surface area (Å²) in [6, 6.07) is 8.01. The van der Waals surface area contributed by atoms with Gasteiger partial charge in [-0.25, -0.2) is 8.78 Å². The van der Waals surface area contributed by atoms with Gasteiger partial charge in [-0.2, -0.15) is 0 Å². The van der Waals surface area contributed by atoms with Crippen LogP contribution in [0.15, 0.2) is 36.4 Å². The van der Waals surface area contributed by atoms with Crippen molar-refractivity contribution in [3.63, 3.8) is 0 Å². The zero-order valence-corrected chi connectivity index (χ0v) is 15.3. The maximum Gasteiger partial charge on any atom is 0.234 e. The smallest absolute Gasteiger partial charge is 0.234 e. The van der Waals surface area contributed by atoms with Crippen molar-refractivity contribution in [3.05, 3.63) is 69.2 Å². The van der Waals surface area contributed by atoms with Gasteiger partial charge < -0.3 is 5.32 Å². The van der Waals surface area contributed by atoms with E-state index in [4.69, 9.17) is 23.2 Å². The van der Waals surface area contributed by atoms with Gasteiger partial charge in [-0.3, -0.25) is 9.69 Å². The van der Waals surface area contributed by atoms with E-state index < -0.39 is 17.7 Å². The van der Waals surface area contributed by atoms with Crippen LogP contribution in [-0.2, 0) is 11.3 Å². The third-order valence-electron chi connectivity index (χ3n) is 3.66. The quantitative estimate of drug-likeness (QED) is 0.787. The van der Waals surface area contributed by atoms with Crippen molar-refractivity contribution in [2.45, 2.75) is 19.5 Å². The molecule has 2 rings (SSSR count). The lowest BCUT2D eigenvalue weighted by Crippen LogP contribution is -2.36. The molecule has 3 nitrogen and oxygen atoms in total. The number of hydrogen-bond acceptors (Lipinski definition) is 2. The van der Waals surface area contributed by atoms with Crippen LogP contribution in [0.4, 0.5) is 8.78 Å². The highest BCUT2D eigenvalue weighted by Crippen LogP contribution is 2.23. The summed E-state index contributed by atoms with van der Waals surface area (Å²) < 4.78 is 26.7. The van der Waals surface area contributed by atoms with E-state index >= 15 is 0 Å². The summed E-state index contributed by atoms with van der Waals surface area (Å²) in [6.45, 7) is 2.27. The van der Waals surface area contributed by atoms with Gasteiger partial charge in [0, 0.05) is 18.2 Å². The van der Waals surface area contributed by atoms with Gasteiger partial charge in [0.15, 0.2) is 0 Å². The van der Waals surface area contributed by atoms with E-state index in [1.165, 1.54) is 6.07 Å². The van der Waals surface area contributed by atoms with Crippen LogP contribution in [0, 0.1) is 11.6 Å². The molecule has 0 saturated heterocycles. The lowest BCUT2D eigenvalue weighted by atomic mass is 10.1. The third-order valence-corrected chi connectivity index (χ3v) is 4.40. The van der Waals surface area contributed by atoms with E-state index in [9.17, 15) is 13.6 Å². The number of benzene rings is 2. The normalized spacial score (nSPS) is 12.3. The van der Waals surface area contributed by atoms with Crippen LogP contribution in [0.1, 0.15) is 24.1 Å². The third kappa shape index (κ3) is 5.66. The molecule has 0 aromatic heterocycles. The number of amides is 1. The first kappa shape index (κ1) is 19.6. The molecule has 1 amide bonds. The number of nitrogens with one attached hydrogen (secondary N) is 1.